The summed E-state index contributed by atoms with van der Waals surface area (Å²) in [5.41, 5.74) is 2.25. The number of hydrogen-bond acceptors (Lipinski definition) is 4. The molecule has 1 heterocycles. The summed E-state index contributed by atoms with van der Waals surface area (Å²) in [6, 6.07) is 11.9. The predicted octanol–water partition coefficient (Wildman–Crippen LogP) is 1.57. The van der Waals surface area contributed by atoms with Gasteiger partial charge in [-0.3, -0.25) is 14.7 Å². The van der Waals surface area contributed by atoms with E-state index in [9.17, 15) is 14.7 Å². The highest BCUT2D eigenvalue weighted by Crippen LogP contribution is 2.16. The van der Waals surface area contributed by atoms with E-state index in [0.717, 1.165) is 16.5 Å². The largest absolute Gasteiger partial charge is 0.508 e. The van der Waals surface area contributed by atoms with Crippen LogP contribution in [0.15, 0.2) is 48.7 Å². The van der Waals surface area contributed by atoms with E-state index in [4.69, 9.17) is 0 Å². The number of benzene rings is 2. The van der Waals surface area contributed by atoms with Crippen molar-refractivity contribution >= 4 is 28.4 Å². The highest BCUT2D eigenvalue weighted by molar-refractivity contribution is 6.39. The second-order valence-corrected chi connectivity index (χ2v) is 5.30. The average Bonchev–Trinajstić information content (AvgIpc) is 3.04. The molecular weight excluding hydrogens is 308 g/mol. The molecule has 1 aromatic heterocycles. The van der Waals surface area contributed by atoms with Crippen LogP contribution < -0.4 is 10.6 Å². The highest BCUT2D eigenvalue weighted by Gasteiger charge is 2.13. The average molecular weight is 324 g/mol. The Morgan fingerprint density at radius 1 is 1.08 bits per heavy atom. The molecule has 3 rings (SSSR count). The van der Waals surface area contributed by atoms with E-state index in [0.29, 0.717) is 18.7 Å². The van der Waals surface area contributed by atoms with Crippen LogP contribution in [0.25, 0.3) is 10.9 Å². The van der Waals surface area contributed by atoms with Gasteiger partial charge < -0.3 is 15.7 Å². The quantitative estimate of drug-likeness (QED) is 0.546. The monoisotopic (exact) mass is 324 g/mol. The molecule has 7 heteroatoms. The Kier molecular flexibility index (Phi) is 4.42. The molecule has 0 unspecified atom stereocenters. The fourth-order valence-corrected chi connectivity index (χ4v) is 2.27. The van der Waals surface area contributed by atoms with Gasteiger partial charge in [-0.15, -0.1) is 0 Å². The normalized spacial score (nSPS) is 10.5. The molecule has 3 aromatic rings. The van der Waals surface area contributed by atoms with Crippen LogP contribution in [-0.2, 0) is 16.0 Å². The lowest BCUT2D eigenvalue weighted by atomic mass is 10.1. The van der Waals surface area contributed by atoms with E-state index in [-0.39, 0.29) is 5.75 Å². The lowest BCUT2D eigenvalue weighted by Gasteiger charge is -2.07. The number of aromatic hydroxyl groups is 1. The first kappa shape index (κ1) is 15.5. The van der Waals surface area contributed by atoms with Crippen molar-refractivity contribution < 1.29 is 14.7 Å². The number of rotatable bonds is 4. The van der Waals surface area contributed by atoms with Gasteiger partial charge in [-0.05, 0) is 42.3 Å². The molecule has 122 valence electrons. The minimum atomic E-state index is -0.723. The Bertz CT molecular complexity index is 871. The molecule has 0 atom stereocenters. The number of aromatic amines is 1. The minimum Gasteiger partial charge on any atom is -0.508 e. The fraction of sp³-hybridized carbons (Fsp3) is 0.118. The van der Waals surface area contributed by atoms with E-state index in [1.54, 1.807) is 48.7 Å². The molecule has 2 amide bonds. The maximum Gasteiger partial charge on any atom is 0.313 e. The van der Waals surface area contributed by atoms with Gasteiger partial charge in [0.15, 0.2) is 0 Å². The van der Waals surface area contributed by atoms with Crippen LogP contribution in [-0.4, -0.2) is 33.7 Å². The zero-order valence-corrected chi connectivity index (χ0v) is 12.7. The number of H-pyrrole nitrogens is 1. The van der Waals surface area contributed by atoms with E-state index in [1.165, 1.54) is 0 Å². The summed E-state index contributed by atoms with van der Waals surface area (Å²) in [5, 5.41) is 21.9. The fourth-order valence-electron chi connectivity index (χ4n) is 2.27. The maximum atomic E-state index is 11.9. The van der Waals surface area contributed by atoms with Crippen molar-refractivity contribution in [2.24, 2.45) is 0 Å². The number of amides is 2. The van der Waals surface area contributed by atoms with Crippen LogP contribution in [0.1, 0.15) is 5.56 Å². The van der Waals surface area contributed by atoms with Gasteiger partial charge in [0.05, 0.1) is 11.7 Å². The van der Waals surface area contributed by atoms with Gasteiger partial charge in [0, 0.05) is 17.6 Å². The number of phenols is 1. The molecule has 0 fully saturated rings. The van der Waals surface area contributed by atoms with E-state index >= 15 is 0 Å². The first-order valence-corrected chi connectivity index (χ1v) is 7.42. The molecular formula is C17H16N4O3. The van der Waals surface area contributed by atoms with Crippen LogP contribution in [0, 0.1) is 0 Å². The second-order valence-electron chi connectivity index (χ2n) is 5.30. The predicted molar refractivity (Wildman–Crippen MR) is 89.5 cm³/mol. The van der Waals surface area contributed by atoms with Crippen molar-refractivity contribution in [3.63, 3.8) is 0 Å². The van der Waals surface area contributed by atoms with Gasteiger partial charge in [0.1, 0.15) is 5.75 Å². The van der Waals surface area contributed by atoms with Gasteiger partial charge in [-0.2, -0.15) is 5.10 Å². The van der Waals surface area contributed by atoms with Crippen LogP contribution in [0.2, 0.25) is 0 Å². The van der Waals surface area contributed by atoms with Gasteiger partial charge >= 0.3 is 11.8 Å². The number of anilines is 1. The van der Waals surface area contributed by atoms with E-state index in [1.807, 2.05) is 0 Å². The summed E-state index contributed by atoms with van der Waals surface area (Å²) in [6.07, 6.45) is 2.25. The number of fused-ring (bicyclic) bond motifs is 1. The second kappa shape index (κ2) is 6.82. The third-order valence-electron chi connectivity index (χ3n) is 3.54. The van der Waals surface area contributed by atoms with Crippen molar-refractivity contribution in [2.45, 2.75) is 6.42 Å². The number of carbonyl (C=O) groups is 2. The van der Waals surface area contributed by atoms with Crippen LogP contribution in [0.4, 0.5) is 5.69 Å². The van der Waals surface area contributed by atoms with Crippen molar-refractivity contribution in [2.75, 3.05) is 11.9 Å². The lowest BCUT2D eigenvalue weighted by Crippen LogP contribution is -2.36. The van der Waals surface area contributed by atoms with E-state index in [2.05, 4.69) is 20.8 Å². The Balaban J connectivity index is 1.50. The number of nitrogens with zero attached hydrogens (tertiary/aromatic N) is 1. The Morgan fingerprint density at radius 3 is 2.67 bits per heavy atom. The van der Waals surface area contributed by atoms with Crippen LogP contribution in [0.5, 0.6) is 5.75 Å². The van der Waals surface area contributed by atoms with Crippen molar-refractivity contribution in [1.82, 2.24) is 15.5 Å². The molecule has 0 spiro atoms. The molecule has 0 aliphatic heterocycles. The first-order valence-electron chi connectivity index (χ1n) is 7.42. The standard InChI is InChI=1S/C17H16N4O3/c22-14-5-1-11(2-6-14)7-8-18-16(23)17(24)20-13-4-3-12-10-19-21-15(12)9-13/h1-6,9-10,22H,7-8H2,(H,18,23)(H,19,21)(H,20,24). The zero-order chi connectivity index (χ0) is 16.9. The Labute approximate surface area is 137 Å². The van der Waals surface area contributed by atoms with Crippen LogP contribution in [0.3, 0.4) is 0 Å². The number of nitrogens with one attached hydrogen (secondary N) is 3. The number of aromatic nitrogens is 2. The molecule has 0 aliphatic carbocycles. The smallest absolute Gasteiger partial charge is 0.313 e. The SMILES string of the molecule is O=C(NCCc1ccc(O)cc1)C(=O)Nc1ccc2cn[nH]c2c1. The summed E-state index contributed by atoms with van der Waals surface area (Å²) >= 11 is 0. The molecule has 0 saturated heterocycles. The number of hydrogen-bond donors (Lipinski definition) is 4. The van der Waals surface area contributed by atoms with Crippen LogP contribution >= 0.6 is 0 Å². The minimum absolute atomic E-state index is 0.191. The molecule has 0 bridgehead atoms. The molecule has 7 nitrogen and oxygen atoms in total. The van der Waals surface area contributed by atoms with Crippen molar-refractivity contribution in [1.29, 1.82) is 0 Å². The van der Waals surface area contributed by atoms with Gasteiger partial charge in [-0.1, -0.05) is 12.1 Å². The molecule has 2 aromatic carbocycles. The lowest BCUT2D eigenvalue weighted by molar-refractivity contribution is -0.136. The molecule has 0 aliphatic rings. The summed E-state index contributed by atoms with van der Waals surface area (Å²) in [6.45, 7) is 0.330. The van der Waals surface area contributed by atoms with Gasteiger partial charge in [-0.25, -0.2) is 0 Å². The van der Waals surface area contributed by atoms with Crippen molar-refractivity contribution in [3.05, 3.63) is 54.2 Å². The summed E-state index contributed by atoms with van der Waals surface area (Å²) in [7, 11) is 0. The molecule has 0 radical (unpaired) electrons. The van der Waals surface area contributed by atoms with Crippen molar-refractivity contribution in [3.8, 4) is 5.75 Å². The highest BCUT2D eigenvalue weighted by atomic mass is 16.3. The maximum absolute atomic E-state index is 11.9. The van der Waals surface area contributed by atoms with E-state index < -0.39 is 11.8 Å². The summed E-state index contributed by atoms with van der Waals surface area (Å²) < 4.78 is 0. The molecule has 4 N–H and O–H groups in total. The van der Waals surface area contributed by atoms with Gasteiger partial charge in [0.25, 0.3) is 0 Å². The summed E-state index contributed by atoms with van der Waals surface area (Å²) in [5.74, 6) is -1.23. The third-order valence-corrected chi connectivity index (χ3v) is 3.54. The molecule has 24 heavy (non-hydrogen) atoms. The Hall–Kier alpha value is -3.35. The first-order chi connectivity index (χ1) is 11.6. The van der Waals surface area contributed by atoms with Gasteiger partial charge in [0.2, 0.25) is 0 Å². The zero-order valence-electron chi connectivity index (χ0n) is 12.7. The third kappa shape index (κ3) is 3.70. The molecule has 0 saturated carbocycles. The summed E-state index contributed by atoms with van der Waals surface area (Å²) in [4.78, 5) is 23.7. The number of phenolic OH excluding ortho intramolecular Hbond substituents is 1. The Morgan fingerprint density at radius 2 is 1.88 bits per heavy atom. The number of carbonyl (C=O) groups excluding carboxylic acids is 2. The topological polar surface area (TPSA) is 107 Å².